The van der Waals surface area contributed by atoms with Crippen molar-refractivity contribution in [2.24, 2.45) is 5.92 Å². The van der Waals surface area contributed by atoms with E-state index in [4.69, 9.17) is 42.2 Å². The Morgan fingerprint density at radius 1 is 0.398 bits per heavy atom. The van der Waals surface area contributed by atoms with Crippen LogP contribution in [0.25, 0.3) is 0 Å². The molecule has 1 saturated carbocycles. The van der Waals surface area contributed by atoms with Crippen molar-refractivity contribution in [1.82, 2.24) is 0 Å². The van der Waals surface area contributed by atoms with Crippen LogP contribution in [0, 0.1) is 5.92 Å². The molecule has 2 heterocycles. The van der Waals surface area contributed by atoms with Crippen LogP contribution >= 0.6 is 7.82 Å². The molecule has 3 fully saturated rings. The largest absolute Gasteiger partial charge is 0.472 e. The van der Waals surface area contributed by atoms with Gasteiger partial charge in [0.05, 0.1) is 13.2 Å². The van der Waals surface area contributed by atoms with Crippen LogP contribution < -0.4 is 0 Å². The van der Waals surface area contributed by atoms with Crippen molar-refractivity contribution in [3.8, 4) is 0 Å². The number of esters is 3. The van der Waals surface area contributed by atoms with Gasteiger partial charge in [0.1, 0.15) is 98.7 Å². The summed E-state index contributed by atoms with van der Waals surface area (Å²) in [5.74, 6) is -1.28. The Balaban J connectivity index is 1.71. The summed E-state index contributed by atoms with van der Waals surface area (Å²) in [5, 5.41) is 110. The first-order valence-electron chi connectivity index (χ1n) is 40.9. The van der Waals surface area contributed by atoms with Crippen molar-refractivity contribution >= 4 is 25.7 Å². The highest BCUT2D eigenvalue weighted by molar-refractivity contribution is 7.47. The predicted octanol–water partition coefficient (Wildman–Crippen LogP) is 12.5. The molecular weight excluding hydrogens is 1350 g/mol. The molecular formula is C78H145O24P. The maximum absolute atomic E-state index is 14.4. The molecule has 606 valence electrons. The number of carbonyl (C=O) groups excluding carboxylic acids is 3. The summed E-state index contributed by atoms with van der Waals surface area (Å²) in [6.07, 6.45) is 18.2. The molecule has 3 rings (SSSR count). The number of carbonyl (C=O) groups is 3. The highest BCUT2D eigenvalue weighted by Crippen LogP contribution is 2.49. The second-order valence-corrected chi connectivity index (χ2v) is 31.2. The smallest absolute Gasteiger partial charge is 0.463 e. The van der Waals surface area contributed by atoms with E-state index in [0.717, 1.165) is 116 Å². The van der Waals surface area contributed by atoms with Crippen molar-refractivity contribution in [3.05, 3.63) is 12.2 Å². The number of aliphatic hydroxyl groups is 10. The lowest BCUT2D eigenvalue weighted by Crippen LogP contribution is -2.69. The molecule has 11 N–H and O–H groups in total. The van der Waals surface area contributed by atoms with E-state index in [-0.39, 0.29) is 19.3 Å². The number of aliphatic hydroxyl groups excluding tert-OH is 10. The first-order valence-corrected chi connectivity index (χ1v) is 42.4. The molecule has 0 aromatic rings. The zero-order valence-electron chi connectivity index (χ0n) is 63.8. The third kappa shape index (κ3) is 41.4. The molecule has 19 unspecified atom stereocenters. The molecule has 1 aliphatic carbocycles. The van der Waals surface area contributed by atoms with Gasteiger partial charge in [0, 0.05) is 19.3 Å². The van der Waals surface area contributed by atoms with Crippen molar-refractivity contribution in [3.63, 3.8) is 0 Å². The van der Waals surface area contributed by atoms with Crippen molar-refractivity contribution in [2.75, 3.05) is 26.4 Å². The van der Waals surface area contributed by atoms with Crippen molar-refractivity contribution < 1.29 is 117 Å². The molecule has 0 bridgehead atoms. The number of unbranched alkanes of at least 4 members (excludes halogenated alkanes) is 37. The molecule has 0 aromatic heterocycles. The van der Waals surface area contributed by atoms with E-state index in [1.165, 1.54) is 148 Å². The number of hydrogen-bond acceptors (Lipinski definition) is 23. The Morgan fingerprint density at radius 3 is 1.16 bits per heavy atom. The summed E-state index contributed by atoms with van der Waals surface area (Å²) < 4.78 is 65.3. The van der Waals surface area contributed by atoms with Crippen molar-refractivity contribution in [2.45, 2.75) is 434 Å². The lowest BCUT2D eigenvalue weighted by molar-refractivity contribution is -0.360. The monoisotopic (exact) mass is 1500 g/mol. The minimum Gasteiger partial charge on any atom is -0.463 e. The molecule has 2 saturated heterocycles. The molecule has 25 heteroatoms. The maximum atomic E-state index is 14.4. The molecule has 0 amide bonds. The van der Waals surface area contributed by atoms with Gasteiger partial charge in [-0.2, -0.15) is 0 Å². The summed E-state index contributed by atoms with van der Waals surface area (Å²) in [6, 6.07) is 0. The Labute approximate surface area is 618 Å². The Kier molecular flexibility index (Phi) is 54.0. The molecule has 19 atom stereocenters. The van der Waals surface area contributed by atoms with Gasteiger partial charge in [-0.3, -0.25) is 23.4 Å². The fraction of sp³-hybridized carbons (Fsp3) is 0.936. The van der Waals surface area contributed by atoms with Gasteiger partial charge in [0.25, 0.3) is 0 Å². The van der Waals surface area contributed by atoms with E-state index in [1.54, 1.807) is 0 Å². The lowest BCUT2D eigenvalue weighted by atomic mass is 9.84. The minimum absolute atomic E-state index is 0.0299. The van der Waals surface area contributed by atoms with E-state index in [2.05, 4.69) is 39.8 Å². The number of allylic oxidation sites excluding steroid dienone is 2. The maximum Gasteiger partial charge on any atom is 0.472 e. The highest BCUT2D eigenvalue weighted by Gasteiger charge is 2.58. The van der Waals surface area contributed by atoms with E-state index < -0.39 is 156 Å². The van der Waals surface area contributed by atoms with Gasteiger partial charge in [0.15, 0.2) is 18.7 Å². The van der Waals surface area contributed by atoms with Gasteiger partial charge in [-0.25, -0.2) is 4.57 Å². The highest BCUT2D eigenvalue weighted by atomic mass is 31.2. The Bertz CT molecular complexity index is 2180. The SMILES string of the molecule is CCCCCC/C=C\CCCCCCCCCC(=O)OCC(COP(=O)(O)OC1C(OC2OC(CO)C(O)C(O)C2O)C(O)C(O)C(O)C1OC1OC(COC(=O)CCCCCCCCC(C)CCCCCCCC)C(O)C(O)C1O)OC(=O)CCCCCCCCCCCCCCCCCCC. The third-order valence-electron chi connectivity index (χ3n) is 20.4. The number of phosphoric acid groups is 1. The molecule has 24 nitrogen and oxygen atoms in total. The molecule has 0 aromatic carbocycles. The summed E-state index contributed by atoms with van der Waals surface area (Å²) >= 11 is 0. The van der Waals surface area contributed by atoms with E-state index in [9.17, 15) is 74.9 Å². The first kappa shape index (κ1) is 94.9. The van der Waals surface area contributed by atoms with Crippen LogP contribution in [-0.4, -0.2) is 204 Å². The van der Waals surface area contributed by atoms with E-state index >= 15 is 0 Å². The van der Waals surface area contributed by atoms with Crippen LogP contribution in [0.15, 0.2) is 12.2 Å². The second-order valence-electron chi connectivity index (χ2n) is 29.8. The Hall–Kier alpha value is -2.30. The minimum atomic E-state index is -5.70. The predicted molar refractivity (Wildman–Crippen MR) is 393 cm³/mol. The quantitative estimate of drug-likeness (QED) is 0.00886. The average molecular weight is 1500 g/mol. The van der Waals surface area contributed by atoms with Crippen LogP contribution in [0.1, 0.15) is 329 Å². The number of hydrogen-bond donors (Lipinski definition) is 11. The van der Waals surface area contributed by atoms with Crippen LogP contribution in [-0.2, 0) is 61.2 Å². The van der Waals surface area contributed by atoms with E-state index in [1.807, 2.05) is 0 Å². The summed E-state index contributed by atoms with van der Waals surface area (Å²) in [5.41, 5.74) is 0. The molecule has 103 heavy (non-hydrogen) atoms. The fourth-order valence-corrected chi connectivity index (χ4v) is 14.7. The average Bonchev–Trinajstić information content (AvgIpc) is 0.761. The van der Waals surface area contributed by atoms with Gasteiger partial charge >= 0.3 is 25.7 Å². The lowest BCUT2D eigenvalue weighted by Gasteiger charge is -2.49. The first-order chi connectivity index (χ1) is 49.7. The van der Waals surface area contributed by atoms with Crippen LogP contribution in [0.3, 0.4) is 0 Å². The van der Waals surface area contributed by atoms with Gasteiger partial charge in [0.2, 0.25) is 0 Å². The van der Waals surface area contributed by atoms with Crippen LogP contribution in [0.4, 0.5) is 0 Å². The van der Waals surface area contributed by atoms with Gasteiger partial charge in [-0.05, 0) is 50.9 Å². The Morgan fingerprint density at radius 2 is 0.738 bits per heavy atom. The zero-order chi connectivity index (χ0) is 75.5. The van der Waals surface area contributed by atoms with Crippen LogP contribution in [0.5, 0.6) is 0 Å². The molecule has 2 aliphatic heterocycles. The molecule has 3 aliphatic rings. The summed E-state index contributed by atoms with van der Waals surface area (Å²) in [4.78, 5) is 51.2. The topological polar surface area (TPSA) is 374 Å². The normalized spacial score (nSPS) is 27.2. The number of rotatable bonds is 64. The van der Waals surface area contributed by atoms with Gasteiger partial charge < -0.3 is 89.1 Å². The fourth-order valence-electron chi connectivity index (χ4n) is 13.7. The summed E-state index contributed by atoms with van der Waals surface area (Å²) in [6.45, 7) is 5.80. The molecule has 0 spiro atoms. The molecule has 0 radical (unpaired) electrons. The van der Waals surface area contributed by atoms with Gasteiger partial charge in [-0.1, -0.05) is 277 Å². The number of ether oxygens (including phenoxy) is 7. The van der Waals surface area contributed by atoms with Crippen LogP contribution in [0.2, 0.25) is 0 Å². The standard InChI is InChI=1S/C78H145O24P/c1-5-8-11-14-17-19-21-23-25-26-28-30-32-34-36-43-48-53-64(82)97-59(55-94-62(80)51-46-41-35-33-31-29-27-24-22-20-18-15-12-9-6-2)56-96-103(92,93)102-76-74(100-77-72(90)67(85)65(83)60(54-79)98-77)70(88)69(87)71(89)75(76)101-78-73(91)68(86)66(84)61(99-78)57-95-63(81)52-47-42-38-37-40-45-50-58(4)49-44-39-16-13-10-7-3/h20,22,58-61,65-79,83-91H,5-19,21,23-57H2,1-4H3,(H,92,93)/b22-20-. The third-order valence-corrected chi connectivity index (χ3v) is 21.4. The second kappa shape index (κ2) is 58.6. The summed E-state index contributed by atoms with van der Waals surface area (Å²) in [7, 11) is -5.70. The van der Waals surface area contributed by atoms with Crippen molar-refractivity contribution in [1.29, 1.82) is 0 Å². The van der Waals surface area contributed by atoms with E-state index in [0.29, 0.717) is 25.2 Å². The number of phosphoric ester groups is 1. The van der Waals surface area contributed by atoms with Gasteiger partial charge in [-0.15, -0.1) is 0 Å². The zero-order valence-corrected chi connectivity index (χ0v) is 64.7.